The van der Waals surface area contributed by atoms with E-state index in [4.69, 9.17) is 0 Å². The molecule has 2 aliphatic heterocycles. The number of hydrogen-bond donors (Lipinski definition) is 0. The van der Waals surface area contributed by atoms with Gasteiger partial charge in [0.15, 0.2) is 0 Å². The van der Waals surface area contributed by atoms with Gasteiger partial charge in [-0.25, -0.2) is 0 Å². The van der Waals surface area contributed by atoms with Gasteiger partial charge < -0.3 is 9.80 Å². The van der Waals surface area contributed by atoms with Crippen molar-refractivity contribution in [3.05, 3.63) is 0 Å². The zero-order chi connectivity index (χ0) is 8.93. The van der Waals surface area contributed by atoms with Gasteiger partial charge in [0.1, 0.15) is 0 Å². The van der Waals surface area contributed by atoms with Gasteiger partial charge in [-0.15, -0.1) is 0 Å². The largest absolute Gasteiger partial charge is 0.303 e. The molecule has 2 rings (SSSR count). The number of thioether (sulfide) groups is 1. The molecule has 2 nitrogen and oxygen atoms in total. The molecule has 3 heteroatoms. The third-order valence-electron chi connectivity index (χ3n) is 3.00. The summed E-state index contributed by atoms with van der Waals surface area (Å²) in [6.45, 7) is 8.03. The van der Waals surface area contributed by atoms with E-state index in [2.05, 4.69) is 21.6 Å². The fourth-order valence-electron chi connectivity index (χ4n) is 1.95. The topological polar surface area (TPSA) is 6.48 Å². The van der Waals surface area contributed by atoms with Gasteiger partial charge in [-0.2, -0.15) is 11.8 Å². The summed E-state index contributed by atoms with van der Waals surface area (Å²) < 4.78 is 0. The molecule has 76 valence electrons. The van der Waals surface area contributed by atoms with Crippen LogP contribution in [0.5, 0.6) is 0 Å². The van der Waals surface area contributed by atoms with Gasteiger partial charge in [0, 0.05) is 24.6 Å². The summed E-state index contributed by atoms with van der Waals surface area (Å²) in [5.41, 5.74) is 0. The molecular formula is C10H20N2S. The van der Waals surface area contributed by atoms with E-state index in [9.17, 15) is 0 Å². The first-order valence-corrected chi connectivity index (χ1v) is 6.63. The lowest BCUT2D eigenvalue weighted by Crippen LogP contribution is -2.40. The van der Waals surface area contributed by atoms with E-state index >= 15 is 0 Å². The monoisotopic (exact) mass is 200 g/mol. The first kappa shape index (κ1) is 9.81. The predicted octanol–water partition coefficient (Wildman–Crippen LogP) is 1.13. The number of nitrogens with zero attached hydrogens (tertiary/aromatic N) is 2. The van der Waals surface area contributed by atoms with E-state index in [0.717, 1.165) is 0 Å². The van der Waals surface area contributed by atoms with Crippen molar-refractivity contribution in [2.24, 2.45) is 0 Å². The van der Waals surface area contributed by atoms with Crippen LogP contribution in [0.25, 0.3) is 0 Å². The minimum atomic E-state index is 1.32. The molecule has 2 saturated heterocycles. The Balaban J connectivity index is 1.50. The van der Waals surface area contributed by atoms with E-state index in [1.54, 1.807) is 0 Å². The average Bonchev–Trinajstić information content (AvgIpc) is 2.11. The van der Waals surface area contributed by atoms with E-state index in [-0.39, 0.29) is 0 Å². The van der Waals surface area contributed by atoms with Crippen molar-refractivity contribution in [2.45, 2.75) is 12.8 Å². The zero-order valence-electron chi connectivity index (χ0n) is 8.37. The second-order valence-electron chi connectivity index (χ2n) is 4.00. The van der Waals surface area contributed by atoms with Gasteiger partial charge in [0.2, 0.25) is 0 Å². The molecule has 0 radical (unpaired) electrons. The van der Waals surface area contributed by atoms with E-state index in [0.29, 0.717) is 0 Å². The molecule has 0 unspecified atom stereocenters. The lowest BCUT2D eigenvalue weighted by Gasteiger charge is -2.32. The van der Waals surface area contributed by atoms with Gasteiger partial charge in [0.25, 0.3) is 0 Å². The molecule has 0 aromatic carbocycles. The summed E-state index contributed by atoms with van der Waals surface area (Å²) in [6, 6.07) is 0. The molecule has 0 spiro atoms. The summed E-state index contributed by atoms with van der Waals surface area (Å²) >= 11 is 2.10. The molecule has 0 aromatic rings. The summed E-state index contributed by atoms with van der Waals surface area (Å²) in [5.74, 6) is 2.70. The fraction of sp³-hybridized carbons (Fsp3) is 1.00. The van der Waals surface area contributed by atoms with Crippen LogP contribution < -0.4 is 0 Å². The highest BCUT2D eigenvalue weighted by Crippen LogP contribution is 2.10. The van der Waals surface area contributed by atoms with Gasteiger partial charge in [0.05, 0.1) is 0 Å². The number of hydrogen-bond acceptors (Lipinski definition) is 3. The first-order chi connectivity index (χ1) is 6.45. The van der Waals surface area contributed by atoms with Crippen LogP contribution in [0.1, 0.15) is 12.8 Å². The van der Waals surface area contributed by atoms with Gasteiger partial charge in [-0.05, 0) is 39.0 Å². The maximum absolute atomic E-state index is 2.62. The molecule has 13 heavy (non-hydrogen) atoms. The molecule has 0 saturated carbocycles. The van der Waals surface area contributed by atoms with Crippen LogP contribution in [0, 0.1) is 0 Å². The highest BCUT2D eigenvalue weighted by Gasteiger charge is 2.14. The van der Waals surface area contributed by atoms with Crippen molar-refractivity contribution in [2.75, 3.05) is 50.8 Å². The highest BCUT2D eigenvalue weighted by atomic mass is 32.2. The Bertz CT molecular complexity index is 142. The molecule has 2 heterocycles. The normalized spacial score (nSPS) is 25.8. The summed E-state index contributed by atoms with van der Waals surface area (Å²) in [6.07, 6.45) is 2.81. The Kier molecular flexibility index (Phi) is 3.94. The smallest absolute Gasteiger partial charge is 0.00727 e. The van der Waals surface area contributed by atoms with E-state index in [1.807, 2.05) is 0 Å². The van der Waals surface area contributed by atoms with Gasteiger partial charge in [-0.3, -0.25) is 0 Å². The average molecular weight is 200 g/mol. The molecule has 0 bridgehead atoms. The van der Waals surface area contributed by atoms with Gasteiger partial charge in [-0.1, -0.05) is 0 Å². The second kappa shape index (κ2) is 5.23. The second-order valence-corrected chi connectivity index (χ2v) is 5.23. The SMILES string of the molecule is C1CN(CCCN2CCSCC2)C1. The highest BCUT2D eigenvalue weighted by molar-refractivity contribution is 7.99. The van der Waals surface area contributed by atoms with Crippen LogP contribution >= 0.6 is 11.8 Å². The Labute approximate surface area is 85.7 Å². The number of likely N-dealkylation sites (tertiary alicyclic amines) is 1. The van der Waals surface area contributed by atoms with Crippen LogP contribution in [-0.4, -0.2) is 60.6 Å². The molecular weight excluding hydrogens is 180 g/mol. The molecule has 0 N–H and O–H groups in total. The summed E-state index contributed by atoms with van der Waals surface area (Å²) in [7, 11) is 0. The quantitative estimate of drug-likeness (QED) is 0.672. The van der Waals surface area contributed by atoms with Crippen molar-refractivity contribution < 1.29 is 0 Å². The number of rotatable bonds is 4. The molecule has 0 aliphatic carbocycles. The first-order valence-electron chi connectivity index (χ1n) is 5.47. The third kappa shape index (κ3) is 3.15. The Morgan fingerprint density at radius 2 is 1.46 bits per heavy atom. The molecule has 2 aliphatic rings. The third-order valence-corrected chi connectivity index (χ3v) is 3.94. The summed E-state index contributed by atoms with van der Waals surface area (Å²) in [4.78, 5) is 5.19. The zero-order valence-corrected chi connectivity index (χ0v) is 9.19. The lowest BCUT2D eigenvalue weighted by atomic mass is 10.2. The van der Waals surface area contributed by atoms with Crippen molar-refractivity contribution in [3.8, 4) is 0 Å². The molecule has 0 aromatic heterocycles. The summed E-state index contributed by atoms with van der Waals surface area (Å²) in [5, 5.41) is 0. The Morgan fingerprint density at radius 3 is 2.00 bits per heavy atom. The maximum atomic E-state index is 2.62. The van der Waals surface area contributed by atoms with Crippen molar-refractivity contribution in [1.29, 1.82) is 0 Å². The minimum absolute atomic E-state index is 1.32. The predicted molar refractivity (Wildman–Crippen MR) is 59.4 cm³/mol. The van der Waals surface area contributed by atoms with Crippen molar-refractivity contribution in [1.82, 2.24) is 9.80 Å². The van der Waals surface area contributed by atoms with Crippen LogP contribution in [0.4, 0.5) is 0 Å². The molecule has 0 amide bonds. The standard InChI is InChI=1S/C10H20N2S/c1-3-11(4-1)5-2-6-12-7-9-13-10-8-12/h1-10H2. The van der Waals surface area contributed by atoms with Crippen LogP contribution in [0.3, 0.4) is 0 Å². The molecule has 0 atom stereocenters. The van der Waals surface area contributed by atoms with Crippen molar-refractivity contribution >= 4 is 11.8 Å². The van der Waals surface area contributed by atoms with Crippen molar-refractivity contribution in [3.63, 3.8) is 0 Å². The van der Waals surface area contributed by atoms with Crippen LogP contribution in [0.15, 0.2) is 0 Å². The lowest BCUT2D eigenvalue weighted by molar-refractivity contribution is 0.168. The maximum Gasteiger partial charge on any atom is 0.00727 e. The van der Waals surface area contributed by atoms with Gasteiger partial charge >= 0.3 is 0 Å². The van der Waals surface area contributed by atoms with Crippen LogP contribution in [-0.2, 0) is 0 Å². The Hall–Kier alpha value is 0.270. The molecule has 2 fully saturated rings. The minimum Gasteiger partial charge on any atom is -0.303 e. The Morgan fingerprint density at radius 1 is 0.846 bits per heavy atom. The van der Waals surface area contributed by atoms with Crippen LogP contribution in [0.2, 0.25) is 0 Å². The van der Waals surface area contributed by atoms with E-state index < -0.39 is 0 Å². The fourth-order valence-corrected chi connectivity index (χ4v) is 2.93. The van der Waals surface area contributed by atoms with E-state index in [1.165, 1.54) is 63.6 Å².